The topological polar surface area (TPSA) is 75.9 Å². The molecule has 2 aromatic rings. The first-order chi connectivity index (χ1) is 9.53. The molecular weight excluding hydrogens is 264 g/mol. The van der Waals surface area contributed by atoms with Crippen molar-refractivity contribution in [3.8, 4) is 0 Å². The van der Waals surface area contributed by atoms with Crippen LogP contribution in [0.4, 0.5) is 26.1 Å². The van der Waals surface area contributed by atoms with E-state index in [0.29, 0.717) is 23.9 Å². The summed E-state index contributed by atoms with van der Waals surface area (Å²) in [5, 5.41) is 2.73. The zero-order valence-electron chi connectivity index (χ0n) is 11.2. The number of nitrogens with two attached hydrogens (primary N) is 1. The van der Waals surface area contributed by atoms with Gasteiger partial charge in [0.15, 0.2) is 0 Å². The molecule has 1 aromatic heterocycles. The zero-order valence-corrected chi connectivity index (χ0v) is 11.2. The summed E-state index contributed by atoms with van der Waals surface area (Å²) in [5.41, 5.74) is 2.66. The minimum atomic E-state index is -0.553. The molecule has 0 aliphatic heterocycles. The number of anilines is 3. The minimum absolute atomic E-state index is 0.0109. The molecule has 0 bridgehead atoms. The van der Waals surface area contributed by atoms with Crippen LogP contribution in [0, 0.1) is 18.6 Å². The van der Waals surface area contributed by atoms with Crippen LogP contribution in [0.5, 0.6) is 0 Å². The van der Waals surface area contributed by atoms with E-state index in [1.165, 1.54) is 13.0 Å². The molecule has 0 fully saturated rings. The SMILES string of the molecule is CCc1nc(NN)cc(Nc2cc(F)c(C)cc2F)n1. The van der Waals surface area contributed by atoms with Crippen LogP contribution >= 0.6 is 0 Å². The van der Waals surface area contributed by atoms with Crippen LogP contribution in [0.25, 0.3) is 0 Å². The Kier molecular flexibility index (Phi) is 4.09. The number of benzene rings is 1. The quantitative estimate of drug-likeness (QED) is 0.592. The van der Waals surface area contributed by atoms with Crippen molar-refractivity contribution in [3.05, 3.63) is 41.2 Å². The number of hydrogen-bond acceptors (Lipinski definition) is 5. The van der Waals surface area contributed by atoms with Gasteiger partial charge in [0.1, 0.15) is 29.1 Å². The normalized spacial score (nSPS) is 10.4. The lowest BCUT2D eigenvalue weighted by Crippen LogP contribution is -2.11. The van der Waals surface area contributed by atoms with E-state index in [1.807, 2.05) is 6.92 Å². The summed E-state index contributed by atoms with van der Waals surface area (Å²) >= 11 is 0. The summed E-state index contributed by atoms with van der Waals surface area (Å²) in [5.74, 6) is 5.54. The van der Waals surface area contributed by atoms with Crippen molar-refractivity contribution in [1.29, 1.82) is 0 Å². The van der Waals surface area contributed by atoms with Gasteiger partial charge in [0.25, 0.3) is 0 Å². The van der Waals surface area contributed by atoms with E-state index in [4.69, 9.17) is 5.84 Å². The summed E-state index contributed by atoms with van der Waals surface area (Å²) in [6, 6.07) is 3.73. The standard InChI is InChI=1S/C13H15F2N5/c1-3-11-18-12(6-13(19-11)20-16)17-10-5-8(14)7(2)4-9(10)15/h4-6H,3,16H2,1-2H3,(H2,17,18,19,20). The Hall–Kier alpha value is -2.28. The van der Waals surface area contributed by atoms with Gasteiger partial charge in [0.2, 0.25) is 0 Å². The maximum atomic E-state index is 13.8. The van der Waals surface area contributed by atoms with Gasteiger partial charge in [0, 0.05) is 18.6 Å². The van der Waals surface area contributed by atoms with E-state index in [0.717, 1.165) is 12.1 Å². The Morgan fingerprint density at radius 1 is 1.10 bits per heavy atom. The maximum Gasteiger partial charge on any atom is 0.147 e. The summed E-state index contributed by atoms with van der Waals surface area (Å²) in [7, 11) is 0. The third-order valence-electron chi connectivity index (χ3n) is 2.75. The molecule has 0 spiro atoms. The van der Waals surface area contributed by atoms with Crippen molar-refractivity contribution >= 4 is 17.3 Å². The number of nitrogens with one attached hydrogen (secondary N) is 2. The third kappa shape index (κ3) is 3.00. The zero-order chi connectivity index (χ0) is 14.7. The Labute approximate surface area is 115 Å². The third-order valence-corrected chi connectivity index (χ3v) is 2.75. The Morgan fingerprint density at radius 3 is 2.45 bits per heavy atom. The van der Waals surface area contributed by atoms with Gasteiger partial charge in [-0.3, -0.25) is 0 Å². The molecule has 0 aliphatic rings. The second-order valence-electron chi connectivity index (χ2n) is 4.26. The first-order valence-electron chi connectivity index (χ1n) is 6.10. The van der Waals surface area contributed by atoms with Gasteiger partial charge in [-0.25, -0.2) is 24.6 Å². The summed E-state index contributed by atoms with van der Waals surface area (Å²) in [4.78, 5) is 8.29. The van der Waals surface area contributed by atoms with Crippen LogP contribution in [-0.2, 0) is 6.42 Å². The maximum absolute atomic E-state index is 13.8. The Balaban J connectivity index is 2.36. The molecule has 106 valence electrons. The van der Waals surface area contributed by atoms with E-state index in [-0.39, 0.29) is 11.3 Å². The molecule has 0 saturated carbocycles. The fraction of sp³-hybridized carbons (Fsp3) is 0.231. The molecule has 0 radical (unpaired) electrons. The lowest BCUT2D eigenvalue weighted by molar-refractivity contribution is 0.595. The Morgan fingerprint density at radius 2 is 1.80 bits per heavy atom. The first kappa shape index (κ1) is 14.1. The second kappa shape index (κ2) is 5.79. The highest BCUT2D eigenvalue weighted by Crippen LogP contribution is 2.23. The first-order valence-corrected chi connectivity index (χ1v) is 6.10. The molecule has 20 heavy (non-hydrogen) atoms. The highest BCUT2D eigenvalue weighted by Gasteiger charge is 2.09. The number of rotatable bonds is 4. The fourth-order valence-corrected chi connectivity index (χ4v) is 1.67. The van der Waals surface area contributed by atoms with Crippen molar-refractivity contribution in [2.45, 2.75) is 20.3 Å². The van der Waals surface area contributed by atoms with Crippen LogP contribution in [0.2, 0.25) is 0 Å². The van der Waals surface area contributed by atoms with Crippen LogP contribution in [-0.4, -0.2) is 9.97 Å². The predicted octanol–water partition coefficient (Wildman–Crippen LogP) is 2.65. The monoisotopic (exact) mass is 279 g/mol. The van der Waals surface area contributed by atoms with Crippen LogP contribution in [0.3, 0.4) is 0 Å². The average molecular weight is 279 g/mol. The number of nitrogens with zero attached hydrogens (tertiary/aromatic N) is 2. The summed E-state index contributed by atoms with van der Waals surface area (Å²) in [6.07, 6.45) is 0.592. The molecule has 1 aromatic carbocycles. The molecule has 0 atom stereocenters. The number of hydrazine groups is 1. The van der Waals surface area contributed by atoms with E-state index >= 15 is 0 Å². The van der Waals surface area contributed by atoms with E-state index in [1.54, 1.807) is 0 Å². The molecule has 0 amide bonds. The van der Waals surface area contributed by atoms with Crippen LogP contribution in [0.15, 0.2) is 18.2 Å². The summed E-state index contributed by atoms with van der Waals surface area (Å²) < 4.78 is 27.2. The van der Waals surface area contributed by atoms with Crippen molar-refractivity contribution < 1.29 is 8.78 Å². The van der Waals surface area contributed by atoms with E-state index < -0.39 is 11.6 Å². The average Bonchev–Trinajstić information content (AvgIpc) is 2.44. The highest BCUT2D eigenvalue weighted by molar-refractivity contribution is 5.60. The van der Waals surface area contributed by atoms with Crippen molar-refractivity contribution in [3.63, 3.8) is 0 Å². The van der Waals surface area contributed by atoms with Crippen molar-refractivity contribution in [2.24, 2.45) is 5.84 Å². The molecule has 4 N–H and O–H groups in total. The van der Waals surface area contributed by atoms with E-state index in [9.17, 15) is 8.78 Å². The lowest BCUT2D eigenvalue weighted by atomic mass is 10.2. The van der Waals surface area contributed by atoms with Crippen molar-refractivity contribution in [2.75, 3.05) is 10.7 Å². The number of aryl methyl sites for hydroxylation is 2. The van der Waals surface area contributed by atoms with Crippen LogP contribution < -0.4 is 16.6 Å². The second-order valence-corrected chi connectivity index (χ2v) is 4.26. The molecule has 0 aliphatic carbocycles. The molecule has 0 saturated heterocycles. The number of nitrogen functional groups attached to an aromatic ring is 1. The largest absolute Gasteiger partial charge is 0.338 e. The molecule has 7 heteroatoms. The fourth-order valence-electron chi connectivity index (χ4n) is 1.67. The van der Waals surface area contributed by atoms with E-state index in [2.05, 4.69) is 20.7 Å². The predicted molar refractivity (Wildman–Crippen MR) is 73.6 cm³/mol. The molecule has 5 nitrogen and oxygen atoms in total. The van der Waals surface area contributed by atoms with Gasteiger partial charge in [-0.15, -0.1) is 0 Å². The molecular formula is C13H15F2N5. The molecule has 2 rings (SSSR count). The van der Waals surface area contributed by atoms with Gasteiger partial charge in [0.05, 0.1) is 5.69 Å². The number of hydrogen-bond donors (Lipinski definition) is 3. The number of aromatic nitrogens is 2. The highest BCUT2D eigenvalue weighted by atomic mass is 19.1. The van der Waals surface area contributed by atoms with Crippen LogP contribution in [0.1, 0.15) is 18.3 Å². The van der Waals surface area contributed by atoms with Crippen molar-refractivity contribution in [1.82, 2.24) is 9.97 Å². The smallest absolute Gasteiger partial charge is 0.147 e. The minimum Gasteiger partial charge on any atom is -0.338 e. The molecule has 0 unspecified atom stereocenters. The van der Waals surface area contributed by atoms with Gasteiger partial charge in [-0.05, 0) is 18.6 Å². The van der Waals surface area contributed by atoms with Gasteiger partial charge >= 0.3 is 0 Å². The number of halogens is 2. The summed E-state index contributed by atoms with van der Waals surface area (Å²) in [6.45, 7) is 3.38. The van der Waals surface area contributed by atoms with Gasteiger partial charge < -0.3 is 10.7 Å². The molecule has 1 heterocycles. The van der Waals surface area contributed by atoms with Gasteiger partial charge in [-0.2, -0.15) is 0 Å². The Bertz CT molecular complexity index is 608. The van der Waals surface area contributed by atoms with Gasteiger partial charge in [-0.1, -0.05) is 6.92 Å². The lowest BCUT2D eigenvalue weighted by Gasteiger charge is -2.10.